The predicted molar refractivity (Wildman–Crippen MR) is 70.0 cm³/mol. The van der Waals surface area contributed by atoms with Gasteiger partial charge in [0.05, 0.1) is 4.92 Å². The quantitative estimate of drug-likeness (QED) is 0.373. The van der Waals surface area contributed by atoms with E-state index in [1.54, 1.807) is 12.2 Å². The molecule has 0 fully saturated rings. The van der Waals surface area contributed by atoms with E-state index in [4.69, 9.17) is 11.6 Å². The second-order valence-corrected chi connectivity index (χ2v) is 3.57. The molecular weight excluding hydrogens is 258 g/mol. The van der Waals surface area contributed by atoms with E-state index in [0.29, 0.717) is 18.1 Å². The number of hydrogen-bond donors (Lipinski definition) is 2. The molecule has 0 aliphatic rings. The average Bonchev–Trinajstić information content (AvgIpc) is 2.35. The third-order valence-corrected chi connectivity index (χ3v) is 2.15. The van der Waals surface area contributed by atoms with E-state index in [9.17, 15) is 14.9 Å². The van der Waals surface area contributed by atoms with Crippen molar-refractivity contribution in [2.45, 2.75) is 0 Å². The lowest BCUT2D eigenvalue weighted by atomic mass is 10.3. The molecule has 2 amide bonds. The standard InChI is InChI=1S/C11H12ClN3O3/c12-7-1-2-8-13-11(16)14-9-3-5-10(6-4-9)15(17)18/h1-6H,7-8H2,(H2,13,14,16)/b2-1+. The van der Waals surface area contributed by atoms with Crippen LogP contribution in [0.3, 0.4) is 0 Å². The van der Waals surface area contributed by atoms with Crippen molar-refractivity contribution in [1.29, 1.82) is 0 Å². The molecule has 1 rings (SSSR count). The summed E-state index contributed by atoms with van der Waals surface area (Å²) in [6.45, 7) is 0.367. The lowest BCUT2D eigenvalue weighted by Gasteiger charge is -2.05. The van der Waals surface area contributed by atoms with E-state index in [1.807, 2.05) is 0 Å². The molecule has 18 heavy (non-hydrogen) atoms. The van der Waals surface area contributed by atoms with Crippen molar-refractivity contribution in [2.75, 3.05) is 17.7 Å². The van der Waals surface area contributed by atoms with E-state index < -0.39 is 4.92 Å². The van der Waals surface area contributed by atoms with Gasteiger partial charge in [0.1, 0.15) is 0 Å². The summed E-state index contributed by atoms with van der Waals surface area (Å²) in [7, 11) is 0. The Morgan fingerprint density at radius 1 is 1.33 bits per heavy atom. The monoisotopic (exact) mass is 269 g/mol. The van der Waals surface area contributed by atoms with Crippen LogP contribution in [0.5, 0.6) is 0 Å². The molecule has 0 radical (unpaired) electrons. The number of allylic oxidation sites excluding steroid dienone is 1. The van der Waals surface area contributed by atoms with E-state index >= 15 is 0 Å². The zero-order valence-electron chi connectivity index (χ0n) is 9.43. The van der Waals surface area contributed by atoms with Gasteiger partial charge in [-0.2, -0.15) is 0 Å². The first kappa shape index (κ1) is 14.0. The highest BCUT2D eigenvalue weighted by atomic mass is 35.5. The molecule has 0 saturated carbocycles. The fourth-order valence-corrected chi connectivity index (χ4v) is 1.27. The molecule has 0 unspecified atom stereocenters. The molecule has 96 valence electrons. The first-order valence-electron chi connectivity index (χ1n) is 5.13. The van der Waals surface area contributed by atoms with Crippen molar-refractivity contribution in [3.63, 3.8) is 0 Å². The number of non-ortho nitro benzene ring substituents is 1. The van der Waals surface area contributed by atoms with E-state index in [2.05, 4.69) is 10.6 Å². The second-order valence-electron chi connectivity index (χ2n) is 3.26. The number of rotatable bonds is 5. The van der Waals surface area contributed by atoms with Crippen LogP contribution < -0.4 is 10.6 Å². The van der Waals surface area contributed by atoms with Crippen molar-refractivity contribution in [3.8, 4) is 0 Å². The minimum atomic E-state index is -0.499. The molecule has 6 nitrogen and oxygen atoms in total. The summed E-state index contributed by atoms with van der Waals surface area (Å²) in [5.41, 5.74) is 0.463. The lowest BCUT2D eigenvalue weighted by molar-refractivity contribution is -0.384. The number of urea groups is 1. The number of anilines is 1. The summed E-state index contributed by atoms with van der Waals surface area (Å²) in [4.78, 5) is 21.3. The molecule has 0 bridgehead atoms. The van der Waals surface area contributed by atoms with Crippen LogP contribution in [-0.2, 0) is 0 Å². The van der Waals surface area contributed by atoms with Gasteiger partial charge in [-0.05, 0) is 12.1 Å². The number of nitro benzene ring substituents is 1. The van der Waals surface area contributed by atoms with Gasteiger partial charge in [-0.15, -0.1) is 11.6 Å². The maximum atomic E-state index is 11.4. The summed E-state index contributed by atoms with van der Waals surface area (Å²) in [5.74, 6) is 0.394. The van der Waals surface area contributed by atoms with Gasteiger partial charge in [0.15, 0.2) is 0 Å². The number of nitro groups is 1. The Morgan fingerprint density at radius 3 is 2.56 bits per heavy atom. The smallest absolute Gasteiger partial charge is 0.319 e. The van der Waals surface area contributed by atoms with Crippen LogP contribution in [0.4, 0.5) is 16.2 Å². The molecule has 0 heterocycles. The van der Waals surface area contributed by atoms with Gasteiger partial charge >= 0.3 is 6.03 Å². The SMILES string of the molecule is O=C(NC/C=C/CCl)Nc1ccc([N+](=O)[O-])cc1. The first-order chi connectivity index (χ1) is 8.63. The summed E-state index contributed by atoms with van der Waals surface area (Å²) >= 11 is 5.42. The number of nitrogens with zero attached hydrogens (tertiary/aromatic N) is 1. The minimum absolute atomic E-state index is 0.0222. The summed E-state index contributed by atoms with van der Waals surface area (Å²) in [6.07, 6.45) is 3.44. The zero-order valence-corrected chi connectivity index (χ0v) is 10.2. The molecule has 0 aliphatic carbocycles. The van der Waals surface area contributed by atoms with Crippen LogP contribution in [0.25, 0.3) is 0 Å². The number of carbonyl (C=O) groups excluding carboxylic acids is 1. The van der Waals surface area contributed by atoms with Crippen LogP contribution in [-0.4, -0.2) is 23.4 Å². The van der Waals surface area contributed by atoms with Crippen LogP contribution in [0, 0.1) is 10.1 Å². The fourth-order valence-electron chi connectivity index (χ4n) is 1.14. The third kappa shape index (κ3) is 4.84. The lowest BCUT2D eigenvalue weighted by Crippen LogP contribution is -2.28. The maximum absolute atomic E-state index is 11.4. The Kier molecular flexibility index (Phi) is 5.66. The van der Waals surface area contributed by atoms with Crippen LogP contribution in [0.15, 0.2) is 36.4 Å². The molecule has 0 aliphatic heterocycles. The van der Waals surface area contributed by atoms with Crippen molar-refractivity contribution in [3.05, 3.63) is 46.5 Å². The van der Waals surface area contributed by atoms with Crippen molar-refractivity contribution >= 4 is 29.0 Å². The zero-order chi connectivity index (χ0) is 13.4. The molecule has 0 atom stereocenters. The molecule has 7 heteroatoms. The van der Waals surface area contributed by atoms with Crippen molar-refractivity contribution in [1.82, 2.24) is 5.32 Å². The predicted octanol–water partition coefficient (Wildman–Crippen LogP) is 2.51. The largest absolute Gasteiger partial charge is 0.334 e. The van der Waals surface area contributed by atoms with Crippen LogP contribution in [0.2, 0.25) is 0 Å². The number of carbonyl (C=O) groups is 1. The summed E-state index contributed by atoms with van der Waals surface area (Å²) in [5, 5.41) is 15.5. The minimum Gasteiger partial charge on any atom is -0.334 e. The first-order valence-corrected chi connectivity index (χ1v) is 5.67. The Hall–Kier alpha value is -2.08. The molecule has 0 aromatic heterocycles. The van der Waals surface area contributed by atoms with Gasteiger partial charge in [0.25, 0.3) is 5.69 Å². The number of nitrogens with one attached hydrogen (secondary N) is 2. The molecule has 0 saturated heterocycles. The Morgan fingerprint density at radius 2 is 2.00 bits per heavy atom. The van der Waals surface area contributed by atoms with E-state index in [0.717, 1.165) is 0 Å². The van der Waals surface area contributed by atoms with Crippen LogP contribution in [0.1, 0.15) is 0 Å². The highest BCUT2D eigenvalue weighted by Gasteiger charge is 2.05. The highest BCUT2D eigenvalue weighted by molar-refractivity contribution is 6.18. The van der Waals surface area contributed by atoms with Gasteiger partial charge in [0.2, 0.25) is 0 Å². The summed E-state index contributed by atoms with van der Waals surface area (Å²) < 4.78 is 0. The van der Waals surface area contributed by atoms with Gasteiger partial charge < -0.3 is 10.6 Å². The number of hydrogen-bond acceptors (Lipinski definition) is 3. The topological polar surface area (TPSA) is 84.3 Å². The van der Waals surface area contributed by atoms with E-state index in [1.165, 1.54) is 24.3 Å². The Balaban J connectivity index is 2.44. The van der Waals surface area contributed by atoms with Crippen molar-refractivity contribution in [2.24, 2.45) is 0 Å². The normalized spacial score (nSPS) is 10.3. The molecule has 1 aromatic rings. The van der Waals surface area contributed by atoms with Gasteiger partial charge in [0, 0.05) is 30.2 Å². The number of halogens is 1. The molecule has 2 N–H and O–H groups in total. The number of alkyl halides is 1. The summed E-state index contributed by atoms with van der Waals surface area (Å²) in [6, 6.07) is 5.19. The fraction of sp³-hybridized carbons (Fsp3) is 0.182. The third-order valence-electron chi connectivity index (χ3n) is 1.97. The highest BCUT2D eigenvalue weighted by Crippen LogP contribution is 2.14. The average molecular weight is 270 g/mol. The number of benzene rings is 1. The maximum Gasteiger partial charge on any atom is 0.319 e. The molecule has 0 spiro atoms. The second kappa shape index (κ2) is 7.29. The number of amides is 2. The Bertz CT molecular complexity index is 445. The Labute approximate surface area is 109 Å². The molecular formula is C11H12ClN3O3. The van der Waals surface area contributed by atoms with Crippen LogP contribution >= 0.6 is 11.6 Å². The van der Waals surface area contributed by atoms with Crippen molar-refractivity contribution < 1.29 is 9.72 Å². The van der Waals surface area contributed by atoms with Gasteiger partial charge in [-0.25, -0.2) is 4.79 Å². The van der Waals surface area contributed by atoms with Gasteiger partial charge in [-0.3, -0.25) is 10.1 Å². The van der Waals surface area contributed by atoms with Gasteiger partial charge in [-0.1, -0.05) is 12.2 Å². The van der Waals surface area contributed by atoms with E-state index in [-0.39, 0.29) is 11.7 Å². The molecule has 1 aromatic carbocycles.